The van der Waals surface area contributed by atoms with Crippen LogP contribution in [0.2, 0.25) is 0 Å². The van der Waals surface area contributed by atoms with E-state index in [2.05, 4.69) is 0 Å². The Morgan fingerprint density at radius 3 is 1.83 bits per heavy atom. The van der Waals surface area contributed by atoms with E-state index in [4.69, 9.17) is 14.9 Å². The van der Waals surface area contributed by atoms with E-state index in [0.29, 0.717) is 19.3 Å². The highest BCUT2D eigenvalue weighted by Crippen LogP contribution is 2.19. The number of rotatable bonds is 2. The van der Waals surface area contributed by atoms with E-state index in [9.17, 15) is 9.59 Å². The Morgan fingerprint density at radius 2 is 1.50 bits per heavy atom. The number of hydrogen-bond acceptors (Lipinski definition) is 3. The van der Waals surface area contributed by atoms with Gasteiger partial charge in [-0.2, -0.15) is 0 Å². The first kappa shape index (κ1) is 8.99. The fraction of sp³-hybridized carbons (Fsp3) is 0.714. The summed E-state index contributed by atoms with van der Waals surface area (Å²) in [5, 5.41) is 17.0. The van der Waals surface area contributed by atoms with Gasteiger partial charge in [-0.3, -0.25) is 0 Å². The molecule has 1 saturated heterocycles. The molecule has 0 saturated carbocycles. The third kappa shape index (κ3) is 1.94. The van der Waals surface area contributed by atoms with Crippen LogP contribution >= 0.6 is 0 Å². The van der Waals surface area contributed by atoms with Crippen molar-refractivity contribution in [3.8, 4) is 0 Å². The molecule has 12 heavy (non-hydrogen) atoms. The zero-order chi connectivity index (χ0) is 9.14. The van der Waals surface area contributed by atoms with Crippen LogP contribution in [0.3, 0.4) is 0 Å². The van der Waals surface area contributed by atoms with Crippen molar-refractivity contribution >= 4 is 11.9 Å². The predicted octanol–water partition coefficient (Wildman–Crippen LogP) is 0.0933. The summed E-state index contributed by atoms with van der Waals surface area (Å²) < 4.78 is 4.81. The lowest BCUT2D eigenvalue weighted by Gasteiger charge is -2.24. The summed E-state index contributed by atoms with van der Waals surface area (Å²) in [5.41, 5.74) is 0. The fourth-order valence-electron chi connectivity index (χ4n) is 1.19. The molecular weight excluding hydrogens is 164 g/mol. The molecule has 1 aliphatic rings. The zero-order valence-corrected chi connectivity index (χ0v) is 6.40. The molecule has 1 rings (SSSR count). The second-order valence-corrected chi connectivity index (χ2v) is 2.72. The normalized spacial score (nSPS) is 29.7. The molecule has 5 nitrogen and oxygen atoms in total. The van der Waals surface area contributed by atoms with Gasteiger partial charge in [0.1, 0.15) is 0 Å². The molecule has 1 aliphatic heterocycles. The van der Waals surface area contributed by atoms with Crippen LogP contribution < -0.4 is 0 Å². The van der Waals surface area contributed by atoms with Crippen molar-refractivity contribution < 1.29 is 24.5 Å². The fourth-order valence-corrected chi connectivity index (χ4v) is 1.19. The average Bonchev–Trinajstić information content (AvgIpc) is 2.04. The average molecular weight is 174 g/mol. The first-order valence-corrected chi connectivity index (χ1v) is 3.72. The molecule has 0 amide bonds. The molecule has 0 aromatic rings. The van der Waals surface area contributed by atoms with Crippen molar-refractivity contribution in [3.63, 3.8) is 0 Å². The van der Waals surface area contributed by atoms with Gasteiger partial charge >= 0.3 is 11.9 Å². The minimum absolute atomic E-state index is 0.402. The maximum atomic E-state index is 10.4. The van der Waals surface area contributed by atoms with Crippen molar-refractivity contribution in [2.24, 2.45) is 0 Å². The van der Waals surface area contributed by atoms with E-state index in [1.165, 1.54) is 0 Å². The minimum atomic E-state index is -1.08. The standard InChI is InChI=1S/C7H10O5/c8-6(9)4-2-1-3-5(12-4)7(10)11/h4-5H,1-3H2,(H,8,9)(H,10,11)/t4-,5+. The molecule has 0 aromatic carbocycles. The van der Waals surface area contributed by atoms with Crippen LogP contribution in [0, 0.1) is 0 Å². The molecular formula is C7H10O5. The number of carboxylic acid groups (broad SMARTS) is 2. The van der Waals surface area contributed by atoms with Gasteiger partial charge in [0, 0.05) is 0 Å². The molecule has 0 radical (unpaired) electrons. The van der Waals surface area contributed by atoms with Gasteiger partial charge in [0.15, 0.2) is 12.2 Å². The molecule has 0 spiro atoms. The number of carboxylic acids is 2. The highest BCUT2D eigenvalue weighted by atomic mass is 16.5. The molecule has 0 aromatic heterocycles. The SMILES string of the molecule is O=C(O)[C@@H]1CCC[C@H](C(=O)O)O1. The predicted molar refractivity (Wildman–Crippen MR) is 37.8 cm³/mol. The van der Waals surface area contributed by atoms with E-state index in [1.807, 2.05) is 0 Å². The quantitative estimate of drug-likeness (QED) is 0.620. The molecule has 0 unspecified atom stereocenters. The van der Waals surface area contributed by atoms with E-state index in [1.54, 1.807) is 0 Å². The van der Waals surface area contributed by atoms with Gasteiger partial charge in [-0.1, -0.05) is 0 Å². The third-order valence-electron chi connectivity index (χ3n) is 1.81. The summed E-state index contributed by atoms with van der Waals surface area (Å²) in [5.74, 6) is -2.16. The van der Waals surface area contributed by atoms with E-state index >= 15 is 0 Å². The van der Waals surface area contributed by atoms with Gasteiger partial charge in [-0.05, 0) is 19.3 Å². The smallest absolute Gasteiger partial charge is 0.332 e. The van der Waals surface area contributed by atoms with Gasteiger partial charge in [-0.15, -0.1) is 0 Å². The molecule has 5 heteroatoms. The van der Waals surface area contributed by atoms with E-state index < -0.39 is 24.1 Å². The van der Waals surface area contributed by atoms with Crippen LogP contribution in [0.4, 0.5) is 0 Å². The van der Waals surface area contributed by atoms with Gasteiger partial charge in [0.05, 0.1) is 0 Å². The Labute approximate surface area is 68.9 Å². The summed E-state index contributed by atoms with van der Waals surface area (Å²) in [6.07, 6.45) is -0.494. The van der Waals surface area contributed by atoms with Crippen LogP contribution in [0.1, 0.15) is 19.3 Å². The Balaban J connectivity index is 2.51. The molecule has 0 bridgehead atoms. The maximum Gasteiger partial charge on any atom is 0.332 e. The maximum absolute atomic E-state index is 10.4. The molecule has 1 heterocycles. The van der Waals surface area contributed by atoms with Crippen LogP contribution in [0.5, 0.6) is 0 Å². The van der Waals surface area contributed by atoms with Gasteiger partial charge < -0.3 is 14.9 Å². The summed E-state index contributed by atoms with van der Waals surface area (Å²) in [4.78, 5) is 20.8. The lowest BCUT2D eigenvalue weighted by atomic mass is 10.0. The molecule has 2 atom stereocenters. The third-order valence-corrected chi connectivity index (χ3v) is 1.81. The Kier molecular flexibility index (Phi) is 2.65. The molecule has 1 fully saturated rings. The highest BCUT2D eigenvalue weighted by molar-refractivity contribution is 5.75. The van der Waals surface area contributed by atoms with Gasteiger partial charge in [-0.25, -0.2) is 9.59 Å². The lowest BCUT2D eigenvalue weighted by molar-refractivity contribution is -0.170. The Hall–Kier alpha value is -1.10. The van der Waals surface area contributed by atoms with Gasteiger partial charge in [0.2, 0.25) is 0 Å². The second kappa shape index (κ2) is 3.53. The van der Waals surface area contributed by atoms with Crippen LogP contribution in [0.25, 0.3) is 0 Å². The second-order valence-electron chi connectivity index (χ2n) is 2.72. The minimum Gasteiger partial charge on any atom is -0.479 e. The monoisotopic (exact) mass is 174 g/mol. The largest absolute Gasteiger partial charge is 0.479 e. The summed E-state index contributed by atoms with van der Waals surface area (Å²) in [6.45, 7) is 0. The van der Waals surface area contributed by atoms with Crippen molar-refractivity contribution in [1.82, 2.24) is 0 Å². The van der Waals surface area contributed by atoms with Gasteiger partial charge in [0.25, 0.3) is 0 Å². The summed E-state index contributed by atoms with van der Waals surface area (Å²) in [7, 11) is 0. The Morgan fingerprint density at radius 1 is 1.08 bits per heavy atom. The molecule has 0 aliphatic carbocycles. The topological polar surface area (TPSA) is 83.8 Å². The first-order chi connectivity index (χ1) is 5.61. The van der Waals surface area contributed by atoms with Crippen molar-refractivity contribution in [2.45, 2.75) is 31.5 Å². The lowest BCUT2D eigenvalue weighted by Crippen LogP contribution is -2.37. The number of hydrogen-bond donors (Lipinski definition) is 2. The van der Waals surface area contributed by atoms with Crippen LogP contribution in [-0.2, 0) is 14.3 Å². The number of carbonyl (C=O) groups is 2. The van der Waals surface area contributed by atoms with E-state index in [0.717, 1.165) is 0 Å². The number of aliphatic carboxylic acids is 2. The molecule has 68 valence electrons. The molecule has 2 N–H and O–H groups in total. The number of ether oxygens (including phenoxy) is 1. The van der Waals surface area contributed by atoms with Crippen LogP contribution in [0.15, 0.2) is 0 Å². The summed E-state index contributed by atoms with van der Waals surface area (Å²) >= 11 is 0. The highest BCUT2D eigenvalue weighted by Gasteiger charge is 2.31. The summed E-state index contributed by atoms with van der Waals surface area (Å²) in [6, 6.07) is 0. The zero-order valence-electron chi connectivity index (χ0n) is 6.40. The van der Waals surface area contributed by atoms with Crippen molar-refractivity contribution in [1.29, 1.82) is 0 Å². The Bertz CT molecular complexity index is 180. The van der Waals surface area contributed by atoms with Crippen molar-refractivity contribution in [3.05, 3.63) is 0 Å². The first-order valence-electron chi connectivity index (χ1n) is 3.72. The van der Waals surface area contributed by atoms with E-state index in [-0.39, 0.29) is 0 Å². The van der Waals surface area contributed by atoms with Crippen LogP contribution in [-0.4, -0.2) is 34.4 Å². The van der Waals surface area contributed by atoms with Crippen molar-refractivity contribution in [2.75, 3.05) is 0 Å².